The van der Waals surface area contributed by atoms with Crippen LogP contribution in [0.1, 0.15) is 42.1 Å². The zero-order chi connectivity index (χ0) is 18.9. The minimum Gasteiger partial charge on any atom is -0.354 e. The highest BCUT2D eigenvalue weighted by Crippen LogP contribution is 2.28. The van der Waals surface area contributed by atoms with Crippen molar-refractivity contribution >= 4 is 23.4 Å². The van der Waals surface area contributed by atoms with Gasteiger partial charge in [-0.2, -0.15) is 0 Å². The van der Waals surface area contributed by atoms with Gasteiger partial charge in [-0.1, -0.05) is 55.8 Å². The number of benzene rings is 2. The molecule has 2 N–H and O–H groups in total. The topological polar surface area (TPSA) is 58.2 Å². The maximum Gasteiger partial charge on any atom is 0.251 e. The van der Waals surface area contributed by atoms with Gasteiger partial charge in [0.25, 0.3) is 5.91 Å². The van der Waals surface area contributed by atoms with Gasteiger partial charge in [0.05, 0.1) is 0 Å². The number of carbonyl (C=O) groups is 2. The third-order valence-electron chi connectivity index (χ3n) is 4.28. The fourth-order valence-corrected chi connectivity index (χ4v) is 2.92. The van der Waals surface area contributed by atoms with Gasteiger partial charge in [-0.3, -0.25) is 9.59 Å². The lowest BCUT2D eigenvalue weighted by molar-refractivity contribution is -0.121. The van der Waals surface area contributed by atoms with Gasteiger partial charge in [0.15, 0.2) is 0 Å². The molecule has 2 amide bonds. The van der Waals surface area contributed by atoms with Crippen LogP contribution in [0.15, 0.2) is 54.6 Å². The zero-order valence-electron chi connectivity index (χ0n) is 15.2. The predicted molar refractivity (Wildman–Crippen MR) is 105 cm³/mol. The minimum atomic E-state index is -0.138. The number of rotatable bonds is 8. The molecule has 2 rings (SSSR count). The molecule has 0 fully saturated rings. The number of halogens is 1. The molecular weight excluding hydrogens is 348 g/mol. The van der Waals surface area contributed by atoms with E-state index in [0.717, 1.165) is 5.56 Å². The van der Waals surface area contributed by atoms with Crippen molar-refractivity contribution in [3.05, 3.63) is 70.7 Å². The smallest absolute Gasteiger partial charge is 0.251 e. The monoisotopic (exact) mass is 372 g/mol. The van der Waals surface area contributed by atoms with Crippen LogP contribution in [0.3, 0.4) is 0 Å². The Kier molecular flexibility index (Phi) is 7.67. The Labute approximate surface area is 159 Å². The number of carbonyl (C=O) groups excluding carboxylic acids is 2. The Bertz CT molecular complexity index is 715. The van der Waals surface area contributed by atoms with Crippen molar-refractivity contribution in [1.82, 2.24) is 10.6 Å². The molecule has 0 aliphatic rings. The summed E-state index contributed by atoms with van der Waals surface area (Å²) in [6.45, 7) is 5.01. The van der Waals surface area contributed by atoms with Crippen LogP contribution in [-0.2, 0) is 4.79 Å². The third-order valence-corrected chi connectivity index (χ3v) is 4.53. The standard InChI is InChI=1S/C21H25ClN2O2/c1-15(2)19(16-8-10-18(22)11-9-16)14-20(25)23-12-13-24-21(26)17-6-4-3-5-7-17/h3-11,15,19H,12-14H2,1-2H3,(H,23,25)(H,24,26). The molecule has 0 aromatic heterocycles. The summed E-state index contributed by atoms with van der Waals surface area (Å²) in [6, 6.07) is 16.7. The third kappa shape index (κ3) is 6.19. The largest absolute Gasteiger partial charge is 0.354 e. The molecule has 0 saturated carbocycles. The number of hydrogen-bond acceptors (Lipinski definition) is 2. The normalized spacial score (nSPS) is 11.8. The first-order valence-corrected chi connectivity index (χ1v) is 9.20. The second kappa shape index (κ2) is 9.97. The lowest BCUT2D eigenvalue weighted by Crippen LogP contribution is -2.35. The highest BCUT2D eigenvalue weighted by molar-refractivity contribution is 6.30. The molecule has 4 nitrogen and oxygen atoms in total. The van der Waals surface area contributed by atoms with Gasteiger partial charge < -0.3 is 10.6 Å². The van der Waals surface area contributed by atoms with Crippen LogP contribution in [0.5, 0.6) is 0 Å². The van der Waals surface area contributed by atoms with Gasteiger partial charge in [0.1, 0.15) is 0 Å². The Morgan fingerprint density at radius 1 is 0.923 bits per heavy atom. The number of nitrogens with one attached hydrogen (secondary N) is 2. The SMILES string of the molecule is CC(C)C(CC(=O)NCCNC(=O)c1ccccc1)c1ccc(Cl)cc1. The second-order valence-electron chi connectivity index (χ2n) is 6.58. The van der Waals surface area contributed by atoms with E-state index in [-0.39, 0.29) is 17.7 Å². The summed E-state index contributed by atoms with van der Waals surface area (Å²) in [4.78, 5) is 24.2. The second-order valence-corrected chi connectivity index (χ2v) is 7.01. The summed E-state index contributed by atoms with van der Waals surface area (Å²) in [5.41, 5.74) is 1.72. The molecule has 2 aromatic carbocycles. The molecule has 0 saturated heterocycles. The fourth-order valence-electron chi connectivity index (χ4n) is 2.79. The van der Waals surface area contributed by atoms with Crippen LogP contribution in [0, 0.1) is 5.92 Å². The molecular formula is C21H25ClN2O2. The number of hydrogen-bond donors (Lipinski definition) is 2. The molecule has 1 atom stereocenters. The highest BCUT2D eigenvalue weighted by atomic mass is 35.5. The first kappa shape index (κ1) is 20.0. The molecule has 1 unspecified atom stereocenters. The van der Waals surface area contributed by atoms with Gasteiger partial charge in [-0.15, -0.1) is 0 Å². The summed E-state index contributed by atoms with van der Waals surface area (Å²) >= 11 is 5.94. The first-order valence-electron chi connectivity index (χ1n) is 8.82. The first-order chi connectivity index (χ1) is 12.5. The number of amides is 2. The predicted octanol–water partition coefficient (Wildman–Crippen LogP) is 4.02. The van der Waals surface area contributed by atoms with E-state index in [0.29, 0.717) is 36.0 Å². The van der Waals surface area contributed by atoms with Crippen molar-refractivity contribution < 1.29 is 9.59 Å². The quantitative estimate of drug-likeness (QED) is 0.687. The maximum atomic E-state index is 12.3. The zero-order valence-corrected chi connectivity index (χ0v) is 15.9. The van der Waals surface area contributed by atoms with Crippen LogP contribution >= 0.6 is 11.6 Å². The van der Waals surface area contributed by atoms with E-state index in [9.17, 15) is 9.59 Å². The Morgan fingerprint density at radius 2 is 1.54 bits per heavy atom. The van der Waals surface area contributed by atoms with E-state index >= 15 is 0 Å². The Balaban J connectivity index is 1.78. The fraction of sp³-hybridized carbons (Fsp3) is 0.333. The van der Waals surface area contributed by atoms with E-state index in [2.05, 4.69) is 24.5 Å². The molecule has 26 heavy (non-hydrogen) atoms. The van der Waals surface area contributed by atoms with Crippen LogP contribution in [-0.4, -0.2) is 24.9 Å². The summed E-state index contributed by atoms with van der Waals surface area (Å²) in [7, 11) is 0. The van der Waals surface area contributed by atoms with Crippen LogP contribution < -0.4 is 10.6 Å². The van der Waals surface area contributed by atoms with Crippen molar-refractivity contribution in [3.8, 4) is 0 Å². The lowest BCUT2D eigenvalue weighted by Gasteiger charge is -2.21. The van der Waals surface area contributed by atoms with E-state index in [1.54, 1.807) is 12.1 Å². The molecule has 0 bridgehead atoms. The van der Waals surface area contributed by atoms with E-state index < -0.39 is 0 Å². The van der Waals surface area contributed by atoms with Crippen molar-refractivity contribution in [2.45, 2.75) is 26.2 Å². The van der Waals surface area contributed by atoms with Crippen LogP contribution in [0.25, 0.3) is 0 Å². The Morgan fingerprint density at radius 3 is 2.15 bits per heavy atom. The molecule has 0 aliphatic carbocycles. The Hall–Kier alpha value is -2.33. The maximum absolute atomic E-state index is 12.3. The molecule has 5 heteroatoms. The van der Waals surface area contributed by atoms with Crippen molar-refractivity contribution in [1.29, 1.82) is 0 Å². The molecule has 0 heterocycles. The minimum absolute atomic E-state index is 0.0207. The molecule has 2 aromatic rings. The van der Waals surface area contributed by atoms with Crippen LogP contribution in [0.2, 0.25) is 5.02 Å². The van der Waals surface area contributed by atoms with Gasteiger partial charge in [0.2, 0.25) is 5.91 Å². The van der Waals surface area contributed by atoms with Gasteiger partial charge in [0, 0.05) is 30.1 Å². The average molecular weight is 373 g/mol. The summed E-state index contributed by atoms with van der Waals surface area (Å²) in [5, 5.41) is 6.37. The highest BCUT2D eigenvalue weighted by Gasteiger charge is 2.19. The average Bonchev–Trinajstić information content (AvgIpc) is 2.64. The van der Waals surface area contributed by atoms with E-state index in [1.807, 2.05) is 42.5 Å². The summed E-state index contributed by atoms with van der Waals surface area (Å²) in [5.74, 6) is 0.305. The van der Waals surface area contributed by atoms with Crippen molar-refractivity contribution in [2.24, 2.45) is 5.92 Å². The van der Waals surface area contributed by atoms with E-state index in [1.165, 1.54) is 0 Å². The van der Waals surface area contributed by atoms with Crippen molar-refractivity contribution in [2.75, 3.05) is 13.1 Å². The van der Waals surface area contributed by atoms with Crippen molar-refractivity contribution in [3.63, 3.8) is 0 Å². The molecule has 0 spiro atoms. The molecule has 0 radical (unpaired) electrons. The lowest BCUT2D eigenvalue weighted by atomic mass is 9.85. The summed E-state index contributed by atoms with van der Waals surface area (Å²) < 4.78 is 0. The molecule has 0 aliphatic heterocycles. The van der Waals surface area contributed by atoms with Crippen LogP contribution in [0.4, 0.5) is 0 Å². The van der Waals surface area contributed by atoms with E-state index in [4.69, 9.17) is 11.6 Å². The van der Waals surface area contributed by atoms with Gasteiger partial charge in [-0.05, 0) is 41.7 Å². The summed E-state index contributed by atoms with van der Waals surface area (Å²) in [6.07, 6.45) is 0.409. The van der Waals surface area contributed by atoms with Gasteiger partial charge in [-0.25, -0.2) is 0 Å². The molecule has 138 valence electrons. The van der Waals surface area contributed by atoms with Gasteiger partial charge >= 0.3 is 0 Å².